The van der Waals surface area contributed by atoms with Gasteiger partial charge in [0.2, 0.25) is 0 Å². The summed E-state index contributed by atoms with van der Waals surface area (Å²) in [5.74, 6) is 0.689. The quantitative estimate of drug-likeness (QED) is 0.530. The summed E-state index contributed by atoms with van der Waals surface area (Å²) >= 11 is 0. The van der Waals surface area contributed by atoms with Crippen LogP contribution in [0.4, 0.5) is 11.4 Å². The highest BCUT2D eigenvalue weighted by molar-refractivity contribution is 5.48. The number of nitrogens with zero attached hydrogens (tertiary/aromatic N) is 2. The molecule has 0 aliphatic rings. The Labute approximate surface area is 122 Å². The topological polar surface area (TPSA) is 91.3 Å². The lowest BCUT2D eigenvalue weighted by atomic mass is 10.1. The van der Waals surface area contributed by atoms with E-state index in [1.165, 1.54) is 6.20 Å². The van der Waals surface area contributed by atoms with Crippen LogP contribution >= 0.6 is 0 Å². The van der Waals surface area contributed by atoms with Gasteiger partial charge in [-0.25, -0.2) is 0 Å². The van der Waals surface area contributed by atoms with Crippen LogP contribution in [0.25, 0.3) is 0 Å². The van der Waals surface area contributed by atoms with Gasteiger partial charge in [0, 0.05) is 17.4 Å². The zero-order valence-corrected chi connectivity index (χ0v) is 12.2. The Hall–Kier alpha value is -2.63. The monoisotopic (exact) mass is 287 g/mol. The molecule has 0 spiro atoms. The standard InChI is InChI=1S/C15H17N3O3/c1-9-6-12(16)4-5-14(9)21-8-13-11(3)15(18(19)20)10(2)7-17-13/h4-7H,8,16H2,1-3H3. The molecule has 0 saturated heterocycles. The minimum Gasteiger partial charge on any atom is -0.487 e. The van der Waals surface area contributed by atoms with Crippen LogP contribution in [0.3, 0.4) is 0 Å². The van der Waals surface area contributed by atoms with Crippen molar-refractivity contribution in [2.24, 2.45) is 0 Å². The van der Waals surface area contributed by atoms with Crippen molar-refractivity contribution in [1.82, 2.24) is 4.98 Å². The van der Waals surface area contributed by atoms with Crippen LogP contribution in [0.5, 0.6) is 5.75 Å². The van der Waals surface area contributed by atoms with E-state index in [1.807, 2.05) is 13.0 Å². The first kappa shape index (κ1) is 14.8. The van der Waals surface area contributed by atoms with Gasteiger partial charge in [0.25, 0.3) is 5.69 Å². The molecule has 1 aromatic carbocycles. The van der Waals surface area contributed by atoms with Crippen molar-refractivity contribution in [2.45, 2.75) is 27.4 Å². The van der Waals surface area contributed by atoms with Crippen LogP contribution < -0.4 is 10.5 Å². The maximum atomic E-state index is 11.1. The first-order valence-corrected chi connectivity index (χ1v) is 6.48. The molecular formula is C15H17N3O3. The molecule has 0 amide bonds. The molecule has 0 aliphatic carbocycles. The maximum Gasteiger partial charge on any atom is 0.278 e. The molecular weight excluding hydrogens is 270 g/mol. The highest BCUT2D eigenvalue weighted by Gasteiger charge is 2.19. The first-order valence-electron chi connectivity index (χ1n) is 6.48. The number of anilines is 1. The number of aryl methyl sites for hydroxylation is 2. The molecule has 0 fully saturated rings. The van der Waals surface area contributed by atoms with E-state index in [0.29, 0.717) is 28.3 Å². The van der Waals surface area contributed by atoms with Crippen LogP contribution in [0.1, 0.15) is 22.4 Å². The zero-order valence-electron chi connectivity index (χ0n) is 12.2. The van der Waals surface area contributed by atoms with Crippen molar-refractivity contribution in [3.63, 3.8) is 0 Å². The number of pyridine rings is 1. The number of benzene rings is 1. The second kappa shape index (κ2) is 5.78. The van der Waals surface area contributed by atoms with Crippen LogP contribution in [-0.2, 0) is 6.61 Å². The average Bonchev–Trinajstić information content (AvgIpc) is 2.39. The van der Waals surface area contributed by atoms with Crippen LogP contribution in [-0.4, -0.2) is 9.91 Å². The largest absolute Gasteiger partial charge is 0.487 e. The normalized spacial score (nSPS) is 10.4. The fraction of sp³-hybridized carbons (Fsp3) is 0.267. The lowest BCUT2D eigenvalue weighted by Gasteiger charge is -2.11. The Morgan fingerprint density at radius 2 is 2.00 bits per heavy atom. The third-order valence-corrected chi connectivity index (χ3v) is 3.32. The van der Waals surface area contributed by atoms with Crippen molar-refractivity contribution >= 4 is 11.4 Å². The van der Waals surface area contributed by atoms with Gasteiger partial charge in [-0.15, -0.1) is 0 Å². The van der Waals surface area contributed by atoms with E-state index in [4.69, 9.17) is 10.5 Å². The van der Waals surface area contributed by atoms with Crippen LogP contribution in [0, 0.1) is 30.9 Å². The van der Waals surface area contributed by atoms with E-state index < -0.39 is 0 Å². The predicted molar refractivity (Wildman–Crippen MR) is 80.3 cm³/mol. The van der Waals surface area contributed by atoms with Crippen molar-refractivity contribution in [2.75, 3.05) is 5.73 Å². The van der Waals surface area contributed by atoms with Gasteiger partial charge in [-0.3, -0.25) is 15.1 Å². The predicted octanol–water partition coefficient (Wildman–Crippen LogP) is 3.08. The SMILES string of the molecule is Cc1cc(N)ccc1OCc1ncc(C)c([N+](=O)[O-])c1C. The van der Waals surface area contributed by atoms with Gasteiger partial charge in [0.05, 0.1) is 16.2 Å². The number of nitrogen functional groups attached to an aromatic ring is 1. The average molecular weight is 287 g/mol. The summed E-state index contributed by atoms with van der Waals surface area (Å²) in [4.78, 5) is 14.9. The first-order chi connectivity index (χ1) is 9.90. The van der Waals surface area contributed by atoms with Crippen molar-refractivity contribution in [3.8, 4) is 5.75 Å². The van der Waals surface area contributed by atoms with E-state index in [9.17, 15) is 10.1 Å². The summed E-state index contributed by atoms with van der Waals surface area (Å²) in [6.07, 6.45) is 1.50. The summed E-state index contributed by atoms with van der Waals surface area (Å²) in [7, 11) is 0. The molecule has 1 heterocycles. The summed E-state index contributed by atoms with van der Waals surface area (Å²) in [5, 5.41) is 11.1. The van der Waals surface area contributed by atoms with Gasteiger partial charge < -0.3 is 10.5 Å². The molecule has 6 heteroatoms. The fourth-order valence-electron chi connectivity index (χ4n) is 2.17. The number of rotatable bonds is 4. The minimum atomic E-state index is -0.385. The van der Waals surface area contributed by atoms with Gasteiger partial charge in [-0.05, 0) is 44.5 Å². The molecule has 0 atom stereocenters. The van der Waals surface area contributed by atoms with Crippen molar-refractivity contribution in [1.29, 1.82) is 0 Å². The Morgan fingerprint density at radius 3 is 2.62 bits per heavy atom. The smallest absolute Gasteiger partial charge is 0.278 e. The summed E-state index contributed by atoms with van der Waals surface area (Å²) in [6, 6.07) is 5.34. The van der Waals surface area contributed by atoms with E-state index in [2.05, 4.69) is 4.98 Å². The Morgan fingerprint density at radius 1 is 1.29 bits per heavy atom. The second-order valence-corrected chi connectivity index (χ2v) is 4.93. The summed E-state index contributed by atoms with van der Waals surface area (Å²) in [6.45, 7) is 5.43. The number of hydrogen-bond donors (Lipinski definition) is 1. The third kappa shape index (κ3) is 3.10. The molecule has 2 N–H and O–H groups in total. The number of aromatic nitrogens is 1. The van der Waals surface area contributed by atoms with Gasteiger partial charge >= 0.3 is 0 Å². The van der Waals surface area contributed by atoms with Gasteiger partial charge in [0.1, 0.15) is 12.4 Å². The third-order valence-electron chi connectivity index (χ3n) is 3.32. The molecule has 21 heavy (non-hydrogen) atoms. The minimum absolute atomic E-state index is 0.0950. The number of nitrogens with two attached hydrogens (primary N) is 1. The molecule has 2 rings (SSSR count). The Bertz CT molecular complexity index is 699. The lowest BCUT2D eigenvalue weighted by Crippen LogP contribution is -2.06. The fourth-order valence-corrected chi connectivity index (χ4v) is 2.17. The number of nitro groups is 1. The van der Waals surface area contributed by atoms with Crippen molar-refractivity contribution < 1.29 is 9.66 Å². The second-order valence-electron chi connectivity index (χ2n) is 4.93. The summed E-state index contributed by atoms with van der Waals surface area (Å²) < 4.78 is 5.69. The number of ether oxygens (including phenoxy) is 1. The molecule has 6 nitrogen and oxygen atoms in total. The number of hydrogen-bond acceptors (Lipinski definition) is 5. The molecule has 0 unspecified atom stereocenters. The zero-order chi connectivity index (χ0) is 15.6. The van der Waals surface area contributed by atoms with Crippen molar-refractivity contribution in [3.05, 3.63) is 56.9 Å². The van der Waals surface area contributed by atoms with Gasteiger partial charge in [-0.1, -0.05) is 0 Å². The Kier molecular flexibility index (Phi) is 4.07. The molecule has 1 aromatic heterocycles. The van der Waals surface area contributed by atoms with E-state index in [0.717, 1.165) is 5.56 Å². The maximum absolute atomic E-state index is 11.1. The molecule has 0 saturated carbocycles. The van der Waals surface area contributed by atoms with E-state index in [-0.39, 0.29) is 17.2 Å². The molecule has 2 aromatic rings. The highest BCUT2D eigenvalue weighted by atomic mass is 16.6. The van der Waals surface area contributed by atoms with E-state index >= 15 is 0 Å². The van der Waals surface area contributed by atoms with Gasteiger partial charge in [-0.2, -0.15) is 0 Å². The molecule has 0 bridgehead atoms. The lowest BCUT2D eigenvalue weighted by molar-refractivity contribution is -0.386. The molecule has 0 radical (unpaired) electrons. The highest BCUT2D eigenvalue weighted by Crippen LogP contribution is 2.26. The Balaban J connectivity index is 2.24. The molecule has 110 valence electrons. The van der Waals surface area contributed by atoms with Gasteiger partial charge in [0.15, 0.2) is 0 Å². The van der Waals surface area contributed by atoms with Crippen LogP contribution in [0.2, 0.25) is 0 Å². The van der Waals surface area contributed by atoms with Crippen LogP contribution in [0.15, 0.2) is 24.4 Å². The molecule has 0 aliphatic heterocycles. The summed E-state index contributed by atoms with van der Waals surface area (Å²) in [5.41, 5.74) is 9.00. The van der Waals surface area contributed by atoms with E-state index in [1.54, 1.807) is 26.0 Å².